The number of anilines is 3. The highest BCUT2D eigenvalue weighted by Crippen LogP contribution is 2.37. The fourth-order valence-corrected chi connectivity index (χ4v) is 2.59. The molecule has 2 aromatic rings. The van der Waals surface area contributed by atoms with Crippen LogP contribution in [-0.2, 0) is 6.42 Å². The summed E-state index contributed by atoms with van der Waals surface area (Å²) < 4.78 is 0. The van der Waals surface area contributed by atoms with Gasteiger partial charge in [-0.3, -0.25) is 0 Å². The normalized spacial score (nSPS) is 18.2. The molecule has 1 aliphatic rings. The number of nitrogens with two attached hydrogens (primary N) is 1. The smallest absolute Gasteiger partial charge is 0.0446 e. The highest BCUT2D eigenvalue weighted by molar-refractivity contribution is 5.71. The largest absolute Gasteiger partial charge is 0.399 e. The second-order valence-corrected chi connectivity index (χ2v) is 4.64. The molecule has 2 aromatic carbocycles. The molecule has 0 bridgehead atoms. The Morgan fingerprint density at radius 2 is 1.76 bits per heavy atom. The molecule has 1 heterocycles. The van der Waals surface area contributed by atoms with E-state index in [0.29, 0.717) is 6.04 Å². The fraction of sp³-hybridized carbons (Fsp3) is 0.200. The van der Waals surface area contributed by atoms with Gasteiger partial charge >= 0.3 is 0 Å². The summed E-state index contributed by atoms with van der Waals surface area (Å²) in [5, 5.41) is 0. The summed E-state index contributed by atoms with van der Waals surface area (Å²) >= 11 is 0. The molecule has 2 heteroatoms. The number of fused-ring (bicyclic) bond motifs is 1. The van der Waals surface area contributed by atoms with Gasteiger partial charge in [0.1, 0.15) is 0 Å². The highest BCUT2D eigenvalue weighted by Gasteiger charge is 2.26. The molecule has 2 N–H and O–H groups in total. The number of nitrogen functional groups attached to an aromatic ring is 1. The van der Waals surface area contributed by atoms with E-state index in [1.807, 2.05) is 12.1 Å². The molecule has 0 radical (unpaired) electrons. The van der Waals surface area contributed by atoms with Crippen molar-refractivity contribution in [3.8, 4) is 0 Å². The lowest BCUT2D eigenvalue weighted by Gasteiger charge is -2.25. The van der Waals surface area contributed by atoms with E-state index in [4.69, 9.17) is 5.73 Å². The maximum Gasteiger partial charge on any atom is 0.0446 e. The number of benzene rings is 2. The van der Waals surface area contributed by atoms with Crippen LogP contribution in [0.5, 0.6) is 0 Å². The van der Waals surface area contributed by atoms with Crippen LogP contribution in [0.2, 0.25) is 0 Å². The van der Waals surface area contributed by atoms with Gasteiger partial charge in [-0.05, 0) is 49.2 Å². The minimum Gasteiger partial charge on any atom is -0.399 e. The Balaban J connectivity index is 2.06. The molecule has 17 heavy (non-hydrogen) atoms. The Morgan fingerprint density at radius 1 is 1.06 bits per heavy atom. The zero-order chi connectivity index (χ0) is 11.8. The van der Waals surface area contributed by atoms with Crippen LogP contribution in [0.15, 0.2) is 48.5 Å². The van der Waals surface area contributed by atoms with E-state index in [2.05, 4.69) is 48.2 Å². The Bertz CT molecular complexity index is 531. The Labute approximate surface area is 102 Å². The second kappa shape index (κ2) is 3.81. The molecule has 1 aliphatic heterocycles. The first-order valence-electron chi connectivity index (χ1n) is 5.98. The van der Waals surface area contributed by atoms with Crippen molar-refractivity contribution in [1.29, 1.82) is 0 Å². The lowest BCUT2D eigenvalue weighted by atomic mass is 10.1. The summed E-state index contributed by atoms with van der Waals surface area (Å²) in [6.07, 6.45) is 1.11. The molecular weight excluding hydrogens is 208 g/mol. The SMILES string of the molecule is CC1Cc2ccccc2N1c1ccc(N)cc1. The third-order valence-corrected chi connectivity index (χ3v) is 3.38. The first-order chi connectivity index (χ1) is 8.25. The maximum absolute atomic E-state index is 5.74. The van der Waals surface area contributed by atoms with E-state index in [1.165, 1.54) is 16.9 Å². The number of rotatable bonds is 1. The van der Waals surface area contributed by atoms with Crippen molar-refractivity contribution >= 4 is 17.1 Å². The minimum absolute atomic E-state index is 0.510. The van der Waals surface area contributed by atoms with Crippen molar-refractivity contribution in [3.63, 3.8) is 0 Å². The van der Waals surface area contributed by atoms with Gasteiger partial charge in [0.2, 0.25) is 0 Å². The molecule has 0 saturated carbocycles. The number of nitrogens with zero attached hydrogens (tertiary/aromatic N) is 1. The van der Waals surface area contributed by atoms with Crippen molar-refractivity contribution in [1.82, 2.24) is 0 Å². The maximum atomic E-state index is 5.74. The summed E-state index contributed by atoms with van der Waals surface area (Å²) in [7, 11) is 0. The molecular formula is C15H16N2. The summed E-state index contributed by atoms with van der Waals surface area (Å²) in [4.78, 5) is 2.38. The Kier molecular flexibility index (Phi) is 2.29. The standard InChI is InChI=1S/C15H16N2/c1-11-10-12-4-2-3-5-15(12)17(11)14-8-6-13(16)7-9-14/h2-9,11H,10,16H2,1H3. The summed E-state index contributed by atoms with van der Waals surface area (Å²) in [5.41, 5.74) is 10.5. The Hall–Kier alpha value is -1.96. The molecule has 0 spiro atoms. The van der Waals surface area contributed by atoms with Gasteiger partial charge in [-0.2, -0.15) is 0 Å². The molecule has 0 aromatic heterocycles. The van der Waals surface area contributed by atoms with Gasteiger partial charge in [0.15, 0.2) is 0 Å². The van der Waals surface area contributed by atoms with Gasteiger partial charge in [-0.1, -0.05) is 18.2 Å². The monoisotopic (exact) mass is 224 g/mol. The van der Waals surface area contributed by atoms with Gasteiger partial charge < -0.3 is 10.6 Å². The topological polar surface area (TPSA) is 29.3 Å². The molecule has 0 aliphatic carbocycles. The van der Waals surface area contributed by atoms with Gasteiger partial charge in [-0.25, -0.2) is 0 Å². The summed E-state index contributed by atoms with van der Waals surface area (Å²) in [5.74, 6) is 0. The number of para-hydroxylation sites is 1. The zero-order valence-corrected chi connectivity index (χ0v) is 9.93. The van der Waals surface area contributed by atoms with E-state index in [-0.39, 0.29) is 0 Å². The first kappa shape index (κ1) is 10.2. The van der Waals surface area contributed by atoms with Crippen molar-refractivity contribution in [2.75, 3.05) is 10.6 Å². The van der Waals surface area contributed by atoms with E-state index < -0.39 is 0 Å². The molecule has 3 rings (SSSR count). The lowest BCUT2D eigenvalue weighted by molar-refractivity contribution is 0.759. The molecule has 2 nitrogen and oxygen atoms in total. The quantitative estimate of drug-likeness (QED) is 0.753. The zero-order valence-electron chi connectivity index (χ0n) is 9.93. The summed E-state index contributed by atoms with van der Waals surface area (Å²) in [6, 6.07) is 17.2. The van der Waals surface area contributed by atoms with E-state index in [0.717, 1.165) is 12.1 Å². The van der Waals surface area contributed by atoms with E-state index in [1.54, 1.807) is 0 Å². The van der Waals surface area contributed by atoms with Crippen LogP contribution in [0.4, 0.5) is 17.1 Å². The first-order valence-corrected chi connectivity index (χ1v) is 5.98. The van der Waals surface area contributed by atoms with E-state index in [9.17, 15) is 0 Å². The molecule has 0 saturated heterocycles. The van der Waals surface area contributed by atoms with Crippen molar-refractivity contribution in [2.45, 2.75) is 19.4 Å². The summed E-state index contributed by atoms with van der Waals surface area (Å²) in [6.45, 7) is 2.26. The third kappa shape index (κ3) is 1.66. The predicted molar refractivity (Wildman–Crippen MR) is 72.6 cm³/mol. The second-order valence-electron chi connectivity index (χ2n) is 4.64. The molecule has 1 unspecified atom stereocenters. The van der Waals surface area contributed by atoms with Crippen LogP contribution >= 0.6 is 0 Å². The van der Waals surface area contributed by atoms with Gasteiger partial charge in [0, 0.05) is 23.1 Å². The van der Waals surface area contributed by atoms with Gasteiger partial charge in [0.05, 0.1) is 0 Å². The van der Waals surface area contributed by atoms with Gasteiger partial charge in [-0.15, -0.1) is 0 Å². The van der Waals surface area contributed by atoms with Crippen LogP contribution in [-0.4, -0.2) is 6.04 Å². The van der Waals surface area contributed by atoms with Crippen molar-refractivity contribution < 1.29 is 0 Å². The van der Waals surface area contributed by atoms with Crippen LogP contribution in [0.25, 0.3) is 0 Å². The highest BCUT2D eigenvalue weighted by atomic mass is 15.2. The third-order valence-electron chi connectivity index (χ3n) is 3.38. The molecule has 86 valence electrons. The molecule has 1 atom stereocenters. The average Bonchev–Trinajstić information content (AvgIpc) is 2.66. The van der Waals surface area contributed by atoms with Crippen LogP contribution < -0.4 is 10.6 Å². The van der Waals surface area contributed by atoms with E-state index >= 15 is 0 Å². The number of hydrogen-bond donors (Lipinski definition) is 1. The van der Waals surface area contributed by atoms with Crippen LogP contribution in [0, 0.1) is 0 Å². The van der Waals surface area contributed by atoms with Crippen molar-refractivity contribution in [3.05, 3.63) is 54.1 Å². The van der Waals surface area contributed by atoms with Gasteiger partial charge in [0.25, 0.3) is 0 Å². The van der Waals surface area contributed by atoms with Crippen molar-refractivity contribution in [2.24, 2.45) is 0 Å². The predicted octanol–water partition coefficient (Wildman–Crippen LogP) is 3.35. The number of hydrogen-bond acceptors (Lipinski definition) is 2. The Morgan fingerprint density at radius 3 is 2.53 bits per heavy atom. The van der Waals surface area contributed by atoms with Crippen LogP contribution in [0.3, 0.4) is 0 Å². The fourth-order valence-electron chi connectivity index (χ4n) is 2.59. The molecule has 0 amide bonds. The van der Waals surface area contributed by atoms with Crippen LogP contribution in [0.1, 0.15) is 12.5 Å². The lowest BCUT2D eigenvalue weighted by Crippen LogP contribution is -2.23. The minimum atomic E-state index is 0.510. The average molecular weight is 224 g/mol. The molecule has 0 fully saturated rings.